The molecule has 1 fully saturated rings. The van der Waals surface area contributed by atoms with Gasteiger partial charge in [-0.15, -0.1) is 10.2 Å². The molecule has 136 valence electrons. The van der Waals surface area contributed by atoms with Crippen molar-refractivity contribution in [3.05, 3.63) is 12.2 Å². The van der Waals surface area contributed by atoms with Crippen molar-refractivity contribution in [2.75, 3.05) is 39.8 Å². The standard InChI is InChI=1S/C16H31N7O/c1-5-23-12-20-21-15(23)9-19-16(17-4)18-8-14-11-22(6-7-24-14)10-13(2)3/h12-14H,5-11H2,1-4H3,(H2,17,18,19). The van der Waals surface area contributed by atoms with Crippen LogP contribution in [0.3, 0.4) is 0 Å². The van der Waals surface area contributed by atoms with E-state index < -0.39 is 0 Å². The normalized spacial score (nSPS) is 19.7. The predicted octanol–water partition coefficient (Wildman–Crippen LogP) is 0.320. The Bertz CT molecular complexity index is 514. The average molecular weight is 337 g/mol. The van der Waals surface area contributed by atoms with Gasteiger partial charge in [0.1, 0.15) is 6.33 Å². The van der Waals surface area contributed by atoms with Crippen molar-refractivity contribution < 1.29 is 4.74 Å². The minimum atomic E-state index is 0.190. The fraction of sp³-hybridized carbons (Fsp3) is 0.812. The van der Waals surface area contributed by atoms with Crippen LogP contribution in [0.25, 0.3) is 0 Å². The molecule has 1 aromatic heterocycles. The number of aromatic nitrogens is 3. The maximum atomic E-state index is 5.86. The molecule has 0 radical (unpaired) electrons. The first kappa shape index (κ1) is 18.7. The SMILES string of the molecule is CCn1cnnc1CNC(=NC)NCC1CN(CC(C)C)CCO1. The molecule has 24 heavy (non-hydrogen) atoms. The molecule has 2 N–H and O–H groups in total. The molecule has 8 nitrogen and oxygen atoms in total. The van der Waals surface area contributed by atoms with Crippen molar-refractivity contribution in [1.29, 1.82) is 0 Å². The van der Waals surface area contributed by atoms with Crippen molar-refractivity contribution in [1.82, 2.24) is 30.3 Å². The molecule has 1 aliphatic heterocycles. The molecule has 0 aliphatic carbocycles. The number of aryl methyl sites for hydroxylation is 1. The second-order valence-corrected chi connectivity index (χ2v) is 6.49. The van der Waals surface area contributed by atoms with Crippen LogP contribution < -0.4 is 10.6 Å². The highest BCUT2D eigenvalue weighted by Gasteiger charge is 2.21. The van der Waals surface area contributed by atoms with Crippen LogP contribution in [0.5, 0.6) is 0 Å². The number of morpholine rings is 1. The van der Waals surface area contributed by atoms with Crippen LogP contribution in [0, 0.1) is 5.92 Å². The van der Waals surface area contributed by atoms with Crippen LogP contribution in [-0.2, 0) is 17.8 Å². The third-order valence-corrected chi connectivity index (χ3v) is 4.02. The molecule has 0 saturated carbocycles. The van der Waals surface area contributed by atoms with Gasteiger partial charge in [0.2, 0.25) is 0 Å². The van der Waals surface area contributed by atoms with E-state index in [0.717, 1.165) is 51.1 Å². The Hall–Kier alpha value is -1.67. The van der Waals surface area contributed by atoms with Gasteiger partial charge in [0.05, 0.1) is 19.3 Å². The van der Waals surface area contributed by atoms with Gasteiger partial charge in [0.25, 0.3) is 0 Å². The maximum absolute atomic E-state index is 5.86. The zero-order valence-electron chi connectivity index (χ0n) is 15.3. The van der Waals surface area contributed by atoms with Crippen molar-refractivity contribution >= 4 is 5.96 Å². The van der Waals surface area contributed by atoms with Gasteiger partial charge in [0.15, 0.2) is 11.8 Å². The predicted molar refractivity (Wildman–Crippen MR) is 94.9 cm³/mol. The minimum absolute atomic E-state index is 0.190. The zero-order chi connectivity index (χ0) is 17.4. The Kier molecular flexibility index (Phi) is 7.45. The summed E-state index contributed by atoms with van der Waals surface area (Å²) < 4.78 is 7.87. The van der Waals surface area contributed by atoms with Gasteiger partial charge < -0.3 is 19.9 Å². The van der Waals surface area contributed by atoms with Crippen LogP contribution in [0.15, 0.2) is 11.3 Å². The van der Waals surface area contributed by atoms with E-state index in [4.69, 9.17) is 4.74 Å². The fourth-order valence-corrected chi connectivity index (χ4v) is 2.86. The molecule has 1 aliphatic rings. The highest BCUT2D eigenvalue weighted by molar-refractivity contribution is 5.79. The van der Waals surface area contributed by atoms with Crippen molar-refractivity contribution in [2.45, 2.75) is 40.0 Å². The third kappa shape index (κ3) is 5.76. The number of nitrogens with one attached hydrogen (secondary N) is 2. The summed E-state index contributed by atoms with van der Waals surface area (Å²) in [7, 11) is 1.77. The van der Waals surface area contributed by atoms with E-state index in [1.54, 1.807) is 13.4 Å². The highest BCUT2D eigenvalue weighted by Crippen LogP contribution is 2.07. The second kappa shape index (κ2) is 9.58. The summed E-state index contributed by atoms with van der Waals surface area (Å²) in [4.78, 5) is 6.74. The third-order valence-electron chi connectivity index (χ3n) is 4.02. The molecule has 1 aromatic rings. The van der Waals surface area contributed by atoms with E-state index in [1.807, 2.05) is 4.57 Å². The van der Waals surface area contributed by atoms with Gasteiger partial charge in [-0.05, 0) is 12.8 Å². The highest BCUT2D eigenvalue weighted by atomic mass is 16.5. The lowest BCUT2D eigenvalue weighted by molar-refractivity contribution is -0.0284. The van der Waals surface area contributed by atoms with Crippen molar-refractivity contribution in [2.24, 2.45) is 10.9 Å². The van der Waals surface area contributed by atoms with Gasteiger partial charge in [-0.25, -0.2) is 0 Å². The molecule has 1 saturated heterocycles. The van der Waals surface area contributed by atoms with E-state index in [-0.39, 0.29) is 6.10 Å². The quantitative estimate of drug-likeness (QED) is 0.551. The maximum Gasteiger partial charge on any atom is 0.191 e. The van der Waals surface area contributed by atoms with Crippen LogP contribution >= 0.6 is 0 Å². The Morgan fingerprint density at radius 1 is 1.46 bits per heavy atom. The Morgan fingerprint density at radius 3 is 3.00 bits per heavy atom. The molecule has 0 aromatic carbocycles. The minimum Gasteiger partial charge on any atom is -0.374 e. The molecule has 0 amide bonds. The number of ether oxygens (including phenoxy) is 1. The first-order valence-corrected chi connectivity index (χ1v) is 8.77. The van der Waals surface area contributed by atoms with E-state index in [1.165, 1.54) is 0 Å². The number of hydrogen-bond acceptors (Lipinski definition) is 5. The summed E-state index contributed by atoms with van der Waals surface area (Å²) in [6.45, 7) is 12.7. The molecule has 0 bridgehead atoms. The summed E-state index contributed by atoms with van der Waals surface area (Å²) in [5.74, 6) is 2.34. The molecule has 2 heterocycles. The molecule has 0 spiro atoms. The van der Waals surface area contributed by atoms with Crippen molar-refractivity contribution in [3.8, 4) is 0 Å². The Labute approximate surface area is 144 Å². The molecule has 8 heteroatoms. The number of rotatable bonds is 7. The van der Waals surface area contributed by atoms with Gasteiger partial charge in [0, 0.05) is 39.8 Å². The Balaban J connectivity index is 1.75. The summed E-state index contributed by atoms with van der Waals surface area (Å²) in [5, 5.41) is 14.7. The number of guanidine groups is 1. The summed E-state index contributed by atoms with van der Waals surface area (Å²) in [6, 6.07) is 0. The topological polar surface area (TPSA) is 79.6 Å². The van der Waals surface area contributed by atoms with E-state index in [0.29, 0.717) is 12.5 Å². The van der Waals surface area contributed by atoms with Gasteiger partial charge in [-0.3, -0.25) is 9.89 Å². The van der Waals surface area contributed by atoms with E-state index in [9.17, 15) is 0 Å². The molecule has 2 rings (SSSR count). The van der Waals surface area contributed by atoms with Crippen LogP contribution in [0.1, 0.15) is 26.6 Å². The largest absolute Gasteiger partial charge is 0.374 e. The molecular formula is C16H31N7O. The number of nitrogens with zero attached hydrogens (tertiary/aromatic N) is 5. The Morgan fingerprint density at radius 2 is 2.29 bits per heavy atom. The van der Waals surface area contributed by atoms with Crippen LogP contribution in [-0.4, -0.2) is 71.6 Å². The lowest BCUT2D eigenvalue weighted by Crippen LogP contribution is -2.50. The lowest BCUT2D eigenvalue weighted by atomic mass is 10.2. The fourth-order valence-electron chi connectivity index (χ4n) is 2.86. The van der Waals surface area contributed by atoms with Gasteiger partial charge >= 0.3 is 0 Å². The molecule has 1 unspecified atom stereocenters. The first-order chi connectivity index (χ1) is 11.6. The average Bonchev–Trinajstić information content (AvgIpc) is 3.02. The molecule has 1 atom stereocenters. The van der Waals surface area contributed by atoms with Gasteiger partial charge in [-0.1, -0.05) is 13.8 Å². The van der Waals surface area contributed by atoms with Gasteiger partial charge in [-0.2, -0.15) is 0 Å². The number of aliphatic imine (C=N–C) groups is 1. The van der Waals surface area contributed by atoms with E-state index in [2.05, 4.69) is 51.5 Å². The smallest absolute Gasteiger partial charge is 0.191 e. The summed E-state index contributed by atoms with van der Waals surface area (Å²) in [5.41, 5.74) is 0. The second-order valence-electron chi connectivity index (χ2n) is 6.49. The molecular weight excluding hydrogens is 306 g/mol. The first-order valence-electron chi connectivity index (χ1n) is 8.77. The van der Waals surface area contributed by atoms with Crippen molar-refractivity contribution in [3.63, 3.8) is 0 Å². The number of hydrogen-bond donors (Lipinski definition) is 2. The summed E-state index contributed by atoms with van der Waals surface area (Å²) >= 11 is 0. The zero-order valence-corrected chi connectivity index (χ0v) is 15.3. The van der Waals surface area contributed by atoms with Crippen LogP contribution in [0.4, 0.5) is 0 Å². The monoisotopic (exact) mass is 337 g/mol. The lowest BCUT2D eigenvalue weighted by Gasteiger charge is -2.34. The van der Waals surface area contributed by atoms with Crippen LogP contribution in [0.2, 0.25) is 0 Å². The van der Waals surface area contributed by atoms with E-state index >= 15 is 0 Å². The summed E-state index contributed by atoms with van der Waals surface area (Å²) in [6.07, 6.45) is 1.93.